The summed E-state index contributed by atoms with van der Waals surface area (Å²) in [5.41, 5.74) is 6.90. The number of carbonyl (C=O) groups is 1. The van der Waals surface area contributed by atoms with E-state index in [9.17, 15) is 9.36 Å². The number of nitrogens with zero attached hydrogens (tertiary/aromatic N) is 4. The van der Waals surface area contributed by atoms with Gasteiger partial charge in [0.05, 0.1) is 45.2 Å². The molecule has 1 saturated heterocycles. The Morgan fingerprint density at radius 2 is 2.14 bits per heavy atom. The standard InChI is InChI=1S/C16H24N5O6P/c1-3-24-13(22)4-12-6-26-28(23,27-7-12)10-25-11(2)5-21-9-20-14-15(17)18-8-19-16(14)21/h8-9,11-12H,3-7,10H2,1-2H3,(H2,17,18,19)/t11-,12?,28?/m1/s1. The van der Waals surface area contributed by atoms with E-state index in [2.05, 4.69) is 15.0 Å². The van der Waals surface area contributed by atoms with E-state index in [1.54, 1.807) is 17.8 Å². The summed E-state index contributed by atoms with van der Waals surface area (Å²) in [6.45, 7) is 4.65. The minimum absolute atomic E-state index is 0.163. The Balaban J connectivity index is 1.48. The van der Waals surface area contributed by atoms with E-state index < -0.39 is 7.60 Å². The van der Waals surface area contributed by atoms with Crippen LogP contribution in [0, 0.1) is 5.92 Å². The third-order valence-corrected chi connectivity index (χ3v) is 5.73. The van der Waals surface area contributed by atoms with Crippen LogP contribution in [0.4, 0.5) is 5.82 Å². The van der Waals surface area contributed by atoms with Crippen molar-refractivity contribution in [2.24, 2.45) is 5.92 Å². The highest BCUT2D eigenvalue weighted by atomic mass is 31.2. The smallest absolute Gasteiger partial charge is 0.356 e. The monoisotopic (exact) mass is 413 g/mol. The SMILES string of the molecule is CCOC(=O)CC1COP(=O)(CO[C@H](C)Cn2cnc3c(N)ncnc32)OC1. The van der Waals surface area contributed by atoms with Gasteiger partial charge in [0.25, 0.3) is 0 Å². The molecule has 1 atom stereocenters. The van der Waals surface area contributed by atoms with Gasteiger partial charge < -0.3 is 28.8 Å². The first kappa shape index (κ1) is 20.7. The van der Waals surface area contributed by atoms with Crippen molar-refractivity contribution in [3.63, 3.8) is 0 Å². The van der Waals surface area contributed by atoms with Gasteiger partial charge in [0.1, 0.15) is 18.2 Å². The molecule has 3 rings (SSSR count). The van der Waals surface area contributed by atoms with Crippen LogP contribution < -0.4 is 5.73 Å². The van der Waals surface area contributed by atoms with Gasteiger partial charge in [0.15, 0.2) is 11.5 Å². The van der Waals surface area contributed by atoms with Crippen LogP contribution in [0.15, 0.2) is 12.7 Å². The second kappa shape index (κ2) is 8.95. The molecule has 1 fully saturated rings. The van der Waals surface area contributed by atoms with Crippen molar-refractivity contribution in [3.8, 4) is 0 Å². The Bertz CT molecular complexity index is 862. The molecule has 0 spiro atoms. The Labute approximate surface area is 162 Å². The van der Waals surface area contributed by atoms with Crippen LogP contribution in [0.25, 0.3) is 11.2 Å². The largest absolute Gasteiger partial charge is 0.466 e. The van der Waals surface area contributed by atoms with Gasteiger partial charge >= 0.3 is 13.6 Å². The van der Waals surface area contributed by atoms with Gasteiger partial charge in [-0.2, -0.15) is 0 Å². The van der Waals surface area contributed by atoms with Crippen LogP contribution in [0.5, 0.6) is 0 Å². The first-order valence-electron chi connectivity index (χ1n) is 8.97. The number of carbonyl (C=O) groups excluding carboxylic acids is 1. The van der Waals surface area contributed by atoms with E-state index in [4.69, 9.17) is 24.3 Å². The van der Waals surface area contributed by atoms with Gasteiger partial charge in [-0.3, -0.25) is 9.36 Å². The van der Waals surface area contributed by atoms with E-state index in [1.807, 2.05) is 6.92 Å². The number of rotatable bonds is 8. The van der Waals surface area contributed by atoms with Gasteiger partial charge in [0.2, 0.25) is 0 Å². The van der Waals surface area contributed by atoms with Crippen LogP contribution in [0.1, 0.15) is 20.3 Å². The first-order valence-corrected chi connectivity index (χ1v) is 10.7. The molecule has 0 radical (unpaired) electrons. The van der Waals surface area contributed by atoms with Crippen LogP contribution in [-0.4, -0.2) is 57.8 Å². The summed E-state index contributed by atoms with van der Waals surface area (Å²) in [7, 11) is -3.35. The maximum absolute atomic E-state index is 12.6. The van der Waals surface area contributed by atoms with Crippen molar-refractivity contribution in [2.45, 2.75) is 32.9 Å². The molecule has 0 unspecified atom stereocenters. The molecule has 1 aliphatic rings. The molecular formula is C16H24N5O6P. The minimum Gasteiger partial charge on any atom is -0.466 e. The fourth-order valence-corrected chi connectivity index (χ4v) is 4.29. The number of fused-ring (bicyclic) bond motifs is 1. The summed E-state index contributed by atoms with van der Waals surface area (Å²) < 4.78 is 35.7. The number of anilines is 1. The third-order valence-electron chi connectivity index (χ3n) is 4.18. The summed E-state index contributed by atoms with van der Waals surface area (Å²) >= 11 is 0. The molecule has 0 bridgehead atoms. The average molecular weight is 413 g/mol. The highest BCUT2D eigenvalue weighted by Gasteiger charge is 2.34. The molecular weight excluding hydrogens is 389 g/mol. The fourth-order valence-electron chi connectivity index (χ4n) is 2.75. The zero-order chi connectivity index (χ0) is 20.1. The third kappa shape index (κ3) is 5.05. The molecule has 11 nitrogen and oxygen atoms in total. The molecule has 1 aliphatic heterocycles. The number of ether oxygens (including phenoxy) is 2. The normalized spacial score (nSPS) is 23.6. The first-order chi connectivity index (χ1) is 13.4. The molecule has 28 heavy (non-hydrogen) atoms. The lowest BCUT2D eigenvalue weighted by Crippen LogP contribution is -2.26. The maximum Gasteiger partial charge on any atom is 0.356 e. The number of aromatic nitrogens is 4. The Morgan fingerprint density at radius 1 is 1.39 bits per heavy atom. The zero-order valence-electron chi connectivity index (χ0n) is 15.8. The minimum atomic E-state index is -3.35. The lowest BCUT2D eigenvalue weighted by atomic mass is 10.1. The van der Waals surface area contributed by atoms with Crippen LogP contribution in [0.3, 0.4) is 0 Å². The van der Waals surface area contributed by atoms with E-state index in [-0.39, 0.29) is 44.0 Å². The van der Waals surface area contributed by atoms with Crippen molar-refractivity contribution in [3.05, 3.63) is 12.7 Å². The predicted molar refractivity (Wildman–Crippen MR) is 99.4 cm³/mol. The van der Waals surface area contributed by atoms with Crippen molar-refractivity contribution in [1.82, 2.24) is 19.5 Å². The lowest BCUT2D eigenvalue weighted by molar-refractivity contribution is -0.145. The Kier molecular flexibility index (Phi) is 6.61. The van der Waals surface area contributed by atoms with Crippen molar-refractivity contribution in [1.29, 1.82) is 0 Å². The number of hydrogen-bond acceptors (Lipinski definition) is 10. The maximum atomic E-state index is 12.6. The second-order valence-corrected chi connectivity index (χ2v) is 8.51. The molecule has 3 heterocycles. The molecule has 0 saturated carbocycles. The number of nitrogen functional groups attached to an aromatic ring is 1. The van der Waals surface area contributed by atoms with Gasteiger partial charge in [-0.1, -0.05) is 0 Å². The number of imidazole rings is 1. The number of esters is 1. The Morgan fingerprint density at radius 3 is 2.86 bits per heavy atom. The van der Waals surface area contributed by atoms with E-state index in [1.165, 1.54) is 6.33 Å². The highest BCUT2D eigenvalue weighted by molar-refractivity contribution is 7.53. The van der Waals surface area contributed by atoms with Gasteiger partial charge in [-0.05, 0) is 13.8 Å². The molecule has 0 aromatic carbocycles. The molecule has 154 valence electrons. The summed E-state index contributed by atoms with van der Waals surface area (Å²) in [4.78, 5) is 23.8. The molecule has 2 aromatic rings. The predicted octanol–water partition coefficient (Wildman–Crippen LogP) is 1.58. The van der Waals surface area contributed by atoms with Gasteiger partial charge in [-0.25, -0.2) is 15.0 Å². The van der Waals surface area contributed by atoms with E-state index in [0.29, 0.717) is 30.1 Å². The van der Waals surface area contributed by atoms with Gasteiger partial charge in [0, 0.05) is 5.92 Å². The zero-order valence-corrected chi connectivity index (χ0v) is 16.7. The number of nitrogens with two attached hydrogens (primary N) is 1. The van der Waals surface area contributed by atoms with Crippen molar-refractivity contribution < 1.29 is 27.9 Å². The fraction of sp³-hybridized carbons (Fsp3) is 0.625. The summed E-state index contributed by atoms with van der Waals surface area (Å²) in [6, 6.07) is 0. The summed E-state index contributed by atoms with van der Waals surface area (Å²) in [6.07, 6.45) is 2.67. The van der Waals surface area contributed by atoms with Crippen LogP contribution in [-0.2, 0) is 34.4 Å². The molecule has 12 heteroatoms. The highest BCUT2D eigenvalue weighted by Crippen LogP contribution is 2.51. The topological polar surface area (TPSA) is 141 Å². The second-order valence-electron chi connectivity index (χ2n) is 6.51. The van der Waals surface area contributed by atoms with Crippen LogP contribution >= 0.6 is 7.60 Å². The van der Waals surface area contributed by atoms with E-state index in [0.717, 1.165) is 0 Å². The van der Waals surface area contributed by atoms with Crippen molar-refractivity contribution in [2.75, 3.05) is 31.9 Å². The van der Waals surface area contributed by atoms with E-state index >= 15 is 0 Å². The van der Waals surface area contributed by atoms with Gasteiger partial charge in [-0.15, -0.1) is 0 Å². The molecule has 2 N–H and O–H groups in total. The summed E-state index contributed by atoms with van der Waals surface area (Å²) in [5, 5.41) is 0. The van der Waals surface area contributed by atoms with Crippen LogP contribution in [0.2, 0.25) is 0 Å². The molecule has 2 aromatic heterocycles. The molecule has 0 amide bonds. The van der Waals surface area contributed by atoms with Crippen molar-refractivity contribution >= 4 is 30.5 Å². The Hall–Kier alpha value is -2.07. The summed E-state index contributed by atoms with van der Waals surface area (Å²) in [5.74, 6) is -0.192. The average Bonchev–Trinajstić information content (AvgIpc) is 3.07. The molecule has 0 aliphatic carbocycles. The quantitative estimate of drug-likeness (QED) is 0.501. The lowest BCUT2D eigenvalue weighted by Gasteiger charge is -2.29. The number of hydrogen-bond donors (Lipinski definition) is 1.